The van der Waals surface area contributed by atoms with E-state index in [1.807, 2.05) is 11.9 Å². The Balaban J connectivity index is 2.19. The summed E-state index contributed by atoms with van der Waals surface area (Å²) in [6.07, 6.45) is 1.20. The molecule has 0 saturated heterocycles. The van der Waals surface area contributed by atoms with Gasteiger partial charge in [-0.2, -0.15) is 0 Å². The number of carbonyl (C=O) groups is 1. The van der Waals surface area contributed by atoms with Crippen molar-refractivity contribution in [3.8, 4) is 0 Å². The number of benzene rings is 1. The van der Waals surface area contributed by atoms with Crippen molar-refractivity contribution < 1.29 is 14.8 Å². The van der Waals surface area contributed by atoms with E-state index in [-0.39, 0.29) is 11.3 Å². The Labute approximate surface area is 117 Å². The van der Waals surface area contributed by atoms with E-state index in [0.717, 1.165) is 12.5 Å². The third-order valence-corrected chi connectivity index (χ3v) is 3.80. The molecule has 0 aliphatic heterocycles. The highest BCUT2D eigenvalue weighted by molar-refractivity contribution is 5.94. The van der Waals surface area contributed by atoms with E-state index in [2.05, 4.69) is 6.92 Å². The van der Waals surface area contributed by atoms with Crippen LogP contribution in [0.4, 0.5) is 5.69 Å². The second kappa shape index (κ2) is 5.58. The van der Waals surface area contributed by atoms with Crippen LogP contribution in [0.15, 0.2) is 18.2 Å². The topological polar surface area (TPSA) is 83.7 Å². The number of hydrogen-bond acceptors (Lipinski definition) is 4. The minimum Gasteiger partial charge on any atom is -0.477 e. The molecule has 1 aliphatic carbocycles. The van der Waals surface area contributed by atoms with Gasteiger partial charge in [-0.05, 0) is 30.9 Å². The third kappa shape index (κ3) is 3.14. The maximum absolute atomic E-state index is 11.3. The molecule has 1 aromatic carbocycles. The average molecular weight is 278 g/mol. The number of nitro groups is 1. The lowest BCUT2D eigenvalue weighted by molar-refractivity contribution is -0.385. The Morgan fingerprint density at radius 1 is 1.55 bits per heavy atom. The van der Waals surface area contributed by atoms with Gasteiger partial charge in [0.15, 0.2) is 0 Å². The molecule has 1 saturated carbocycles. The lowest BCUT2D eigenvalue weighted by atomic mass is 10.0. The molecule has 6 nitrogen and oxygen atoms in total. The van der Waals surface area contributed by atoms with Gasteiger partial charge in [0, 0.05) is 19.2 Å². The molecule has 0 spiro atoms. The van der Waals surface area contributed by atoms with Crippen LogP contribution in [-0.4, -0.2) is 34.5 Å². The number of hydrogen-bond donors (Lipinski definition) is 1. The van der Waals surface area contributed by atoms with Crippen molar-refractivity contribution in [3.63, 3.8) is 0 Å². The maximum Gasteiger partial charge on any atom is 0.343 e. The molecule has 0 heterocycles. The molecule has 1 N–H and O–H groups in total. The van der Waals surface area contributed by atoms with Crippen molar-refractivity contribution in [2.75, 3.05) is 13.6 Å². The number of nitro benzene ring substituents is 1. The molecule has 2 unspecified atom stereocenters. The van der Waals surface area contributed by atoms with Crippen molar-refractivity contribution >= 4 is 11.7 Å². The van der Waals surface area contributed by atoms with E-state index in [1.165, 1.54) is 18.6 Å². The minimum absolute atomic E-state index is 0.201. The summed E-state index contributed by atoms with van der Waals surface area (Å²) in [5.41, 5.74) is -0.0566. The van der Waals surface area contributed by atoms with Crippen molar-refractivity contribution in [1.82, 2.24) is 4.90 Å². The predicted octanol–water partition coefficient (Wildman–Crippen LogP) is 2.38. The summed E-state index contributed by atoms with van der Waals surface area (Å²) >= 11 is 0. The molecule has 1 fully saturated rings. The molecule has 6 heteroatoms. The monoisotopic (exact) mass is 278 g/mol. The molecular weight excluding hydrogens is 260 g/mol. The van der Waals surface area contributed by atoms with Crippen molar-refractivity contribution in [2.24, 2.45) is 11.8 Å². The van der Waals surface area contributed by atoms with Crippen LogP contribution in [0.5, 0.6) is 0 Å². The molecule has 0 amide bonds. The first-order valence-corrected chi connectivity index (χ1v) is 6.58. The van der Waals surface area contributed by atoms with Crippen LogP contribution in [0, 0.1) is 22.0 Å². The Morgan fingerprint density at radius 3 is 2.70 bits per heavy atom. The highest BCUT2D eigenvalue weighted by Crippen LogP contribution is 2.38. The molecule has 0 aromatic heterocycles. The minimum atomic E-state index is -1.25. The van der Waals surface area contributed by atoms with Gasteiger partial charge in [-0.3, -0.25) is 10.1 Å². The summed E-state index contributed by atoms with van der Waals surface area (Å²) < 4.78 is 0. The normalized spacial score (nSPS) is 20.9. The van der Waals surface area contributed by atoms with Gasteiger partial charge in [-0.25, -0.2) is 4.79 Å². The van der Waals surface area contributed by atoms with Crippen LogP contribution < -0.4 is 0 Å². The molecule has 1 aliphatic rings. The molecule has 2 atom stereocenters. The molecule has 2 rings (SSSR count). The number of carboxylic acid groups (broad SMARTS) is 1. The van der Waals surface area contributed by atoms with Gasteiger partial charge in [0.05, 0.1) is 4.92 Å². The maximum atomic E-state index is 11.3. The molecule has 0 radical (unpaired) electrons. The standard InChI is InChI=1S/C14H18N2O4/c1-9-6-11(9)8-15(2)7-10-4-3-5-12(16(19)20)13(10)14(17)18/h3-5,9,11H,6-8H2,1-2H3,(H,17,18). The first kappa shape index (κ1) is 14.5. The Hall–Kier alpha value is -1.95. The molecule has 108 valence electrons. The van der Waals surface area contributed by atoms with Crippen molar-refractivity contribution in [2.45, 2.75) is 19.9 Å². The highest BCUT2D eigenvalue weighted by atomic mass is 16.6. The first-order chi connectivity index (χ1) is 9.40. The smallest absolute Gasteiger partial charge is 0.343 e. The zero-order valence-electron chi connectivity index (χ0n) is 11.6. The van der Waals surface area contributed by atoms with E-state index >= 15 is 0 Å². The summed E-state index contributed by atoms with van der Waals surface area (Å²) in [6, 6.07) is 4.41. The summed E-state index contributed by atoms with van der Waals surface area (Å²) in [5, 5.41) is 20.1. The Bertz CT molecular complexity index is 544. The van der Waals surface area contributed by atoms with Gasteiger partial charge in [0.1, 0.15) is 5.56 Å². The second-order valence-electron chi connectivity index (χ2n) is 5.54. The van der Waals surface area contributed by atoms with Gasteiger partial charge in [-0.1, -0.05) is 19.1 Å². The summed E-state index contributed by atoms with van der Waals surface area (Å²) in [4.78, 5) is 23.6. The Morgan fingerprint density at radius 2 is 2.20 bits per heavy atom. The largest absolute Gasteiger partial charge is 0.477 e. The zero-order valence-corrected chi connectivity index (χ0v) is 11.6. The predicted molar refractivity (Wildman–Crippen MR) is 73.7 cm³/mol. The van der Waals surface area contributed by atoms with Crippen LogP contribution in [0.3, 0.4) is 0 Å². The number of nitrogens with zero attached hydrogens (tertiary/aromatic N) is 2. The van der Waals surface area contributed by atoms with Gasteiger partial charge < -0.3 is 10.0 Å². The molecule has 1 aromatic rings. The van der Waals surface area contributed by atoms with Crippen molar-refractivity contribution in [1.29, 1.82) is 0 Å². The van der Waals surface area contributed by atoms with Gasteiger partial charge in [-0.15, -0.1) is 0 Å². The first-order valence-electron chi connectivity index (χ1n) is 6.58. The van der Waals surface area contributed by atoms with Gasteiger partial charge >= 0.3 is 5.97 Å². The number of carboxylic acids is 1. The fraction of sp³-hybridized carbons (Fsp3) is 0.500. The van der Waals surface area contributed by atoms with Crippen molar-refractivity contribution in [3.05, 3.63) is 39.4 Å². The highest BCUT2D eigenvalue weighted by Gasteiger charge is 2.33. The summed E-state index contributed by atoms with van der Waals surface area (Å²) in [5.74, 6) is 0.133. The molecule has 20 heavy (non-hydrogen) atoms. The SMILES string of the molecule is CC1CC1CN(C)Cc1cccc([N+](=O)[O-])c1C(=O)O. The fourth-order valence-electron chi connectivity index (χ4n) is 2.53. The van der Waals surface area contributed by atoms with E-state index in [0.29, 0.717) is 18.0 Å². The van der Waals surface area contributed by atoms with E-state index in [1.54, 1.807) is 6.07 Å². The van der Waals surface area contributed by atoms with Crippen LogP contribution in [-0.2, 0) is 6.54 Å². The fourth-order valence-corrected chi connectivity index (χ4v) is 2.53. The Kier molecular flexibility index (Phi) is 4.04. The van der Waals surface area contributed by atoms with Gasteiger partial charge in [0.2, 0.25) is 0 Å². The summed E-state index contributed by atoms with van der Waals surface area (Å²) in [6.45, 7) is 3.49. The van der Waals surface area contributed by atoms with Crippen LogP contribution >= 0.6 is 0 Å². The third-order valence-electron chi connectivity index (χ3n) is 3.80. The summed E-state index contributed by atoms with van der Waals surface area (Å²) in [7, 11) is 1.91. The average Bonchev–Trinajstić information content (AvgIpc) is 3.03. The molecular formula is C14H18N2O4. The van der Waals surface area contributed by atoms with Crippen LogP contribution in [0.1, 0.15) is 29.3 Å². The number of rotatable bonds is 6. The van der Waals surface area contributed by atoms with E-state index in [9.17, 15) is 20.0 Å². The van der Waals surface area contributed by atoms with E-state index in [4.69, 9.17) is 0 Å². The van der Waals surface area contributed by atoms with Crippen LogP contribution in [0.25, 0.3) is 0 Å². The number of aromatic carboxylic acids is 1. The lowest BCUT2D eigenvalue weighted by Gasteiger charge is -2.17. The van der Waals surface area contributed by atoms with Gasteiger partial charge in [0.25, 0.3) is 5.69 Å². The quantitative estimate of drug-likeness (QED) is 0.638. The lowest BCUT2D eigenvalue weighted by Crippen LogP contribution is -2.22. The second-order valence-corrected chi connectivity index (χ2v) is 5.54. The zero-order chi connectivity index (χ0) is 14.9. The molecule has 0 bridgehead atoms. The van der Waals surface area contributed by atoms with E-state index < -0.39 is 10.9 Å². The van der Waals surface area contributed by atoms with Crippen LogP contribution in [0.2, 0.25) is 0 Å².